The lowest BCUT2D eigenvalue weighted by Gasteiger charge is -2.13. The minimum absolute atomic E-state index is 0.438. The molecule has 3 aromatic rings. The Balaban J connectivity index is 1.82. The molecule has 0 radical (unpaired) electrons. The molecule has 0 spiro atoms. The minimum atomic E-state index is 0.438. The second-order valence-electron chi connectivity index (χ2n) is 5.28. The van der Waals surface area contributed by atoms with Gasteiger partial charge in [-0.25, -0.2) is 4.98 Å². The molecule has 3 rings (SSSR count). The van der Waals surface area contributed by atoms with Gasteiger partial charge in [-0.15, -0.1) is 0 Å². The number of para-hydroxylation sites is 2. The van der Waals surface area contributed by atoms with Crippen LogP contribution in [0, 0.1) is 0 Å². The van der Waals surface area contributed by atoms with Crippen molar-refractivity contribution in [2.75, 3.05) is 32.0 Å². The summed E-state index contributed by atoms with van der Waals surface area (Å²) in [6.07, 6.45) is 1.67. The third-order valence-corrected chi connectivity index (χ3v) is 3.68. The van der Waals surface area contributed by atoms with E-state index in [4.69, 9.17) is 14.2 Å². The molecule has 7 heteroatoms. The topological polar surface area (TPSA) is 77.5 Å². The molecule has 0 saturated carbocycles. The highest BCUT2D eigenvalue weighted by Gasteiger charge is 2.08. The first-order valence-electron chi connectivity index (χ1n) is 7.95. The maximum absolute atomic E-state index is 5.39. The van der Waals surface area contributed by atoms with Gasteiger partial charge < -0.3 is 24.8 Å². The molecule has 2 aromatic carbocycles. The van der Waals surface area contributed by atoms with E-state index in [1.165, 1.54) is 0 Å². The van der Waals surface area contributed by atoms with Crippen molar-refractivity contribution in [2.45, 2.75) is 0 Å². The first-order chi connectivity index (χ1) is 12.7. The monoisotopic (exact) mass is 352 g/mol. The van der Waals surface area contributed by atoms with Gasteiger partial charge in [0.2, 0.25) is 5.95 Å². The third kappa shape index (κ3) is 3.94. The number of ether oxygens (including phenoxy) is 3. The Morgan fingerprint density at radius 2 is 1.54 bits per heavy atom. The highest BCUT2D eigenvalue weighted by atomic mass is 16.5. The van der Waals surface area contributed by atoms with Gasteiger partial charge in [-0.3, -0.25) is 0 Å². The minimum Gasteiger partial charge on any atom is -0.497 e. The summed E-state index contributed by atoms with van der Waals surface area (Å²) in [4.78, 5) is 8.74. The van der Waals surface area contributed by atoms with Crippen molar-refractivity contribution < 1.29 is 14.2 Å². The summed E-state index contributed by atoms with van der Waals surface area (Å²) in [7, 11) is 4.84. The van der Waals surface area contributed by atoms with E-state index in [9.17, 15) is 0 Å². The van der Waals surface area contributed by atoms with Crippen LogP contribution in [0.5, 0.6) is 17.2 Å². The van der Waals surface area contributed by atoms with Crippen LogP contribution in [0.4, 0.5) is 23.1 Å². The van der Waals surface area contributed by atoms with Crippen molar-refractivity contribution in [3.8, 4) is 17.2 Å². The Hall–Kier alpha value is -3.48. The Morgan fingerprint density at radius 3 is 2.31 bits per heavy atom. The summed E-state index contributed by atoms with van der Waals surface area (Å²) in [5.74, 6) is 3.15. The van der Waals surface area contributed by atoms with E-state index >= 15 is 0 Å². The molecule has 0 bridgehead atoms. The lowest BCUT2D eigenvalue weighted by Crippen LogP contribution is -2.02. The summed E-state index contributed by atoms with van der Waals surface area (Å²) < 4.78 is 15.9. The van der Waals surface area contributed by atoms with E-state index in [0.717, 1.165) is 17.1 Å². The number of hydrogen-bond donors (Lipinski definition) is 2. The van der Waals surface area contributed by atoms with Gasteiger partial charge in [-0.2, -0.15) is 4.98 Å². The van der Waals surface area contributed by atoms with E-state index in [-0.39, 0.29) is 0 Å². The summed E-state index contributed by atoms with van der Waals surface area (Å²) in [5.41, 5.74) is 1.56. The van der Waals surface area contributed by atoms with E-state index in [2.05, 4.69) is 20.6 Å². The van der Waals surface area contributed by atoms with E-state index in [1.807, 2.05) is 36.4 Å². The van der Waals surface area contributed by atoms with E-state index in [1.54, 1.807) is 39.7 Å². The molecule has 7 nitrogen and oxygen atoms in total. The molecular formula is C19H20N4O3. The molecule has 0 unspecified atom stereocenters. The van der Waals surface area contributed by atoms with E-state index in [0.29, 0.717) is 23.3 Å². The van der Waals surface area contributed by atoms with Crippen molar-refractivity contribution in [1.29, 1.82) is 0 Å². The summed E-state index contributed by atoms with van der Waals surface area (Å²) >= 11 is 0. The highest BCUT2D eigenvalue weighted by Crippen LogP contribution is 2.31. The number of nitrogens with one attached hydrogen (secondary N) is 2. The second-order valence-corrected chi connectivity index (χ2v) is 5.28. The lowest BCUT2D eigenvalue weighted by atomic mass is 10.2. The zero-order valence-electron chi connectivity index (χ0n) is 14.8. The molecule has 1 aromatic heterocycles. The second kappa shape index (κ2) is 8.06. The summed E-state index contributed by atoms with van der Waals surface area (Å²) in [6, 6.07) is 14.9. The van der Waals surface area contributed by atoms with Crippen LogP contribution in [0.25, 0.3) is 0 Å². The number of aromatic nitrogens is 2. The van der Waals surface area contributed by atoms with Gasteiger partial charge in [0.25, 0.3) is 0 Å². The van der Waals surface area contributed by atoms with Gasteiger partial charge in [-0.1, -0.05) is 12.1 Å². The first-order valence-corrected chi connectivity index (χ1v) is 7.95. The molecule has 2 N–H and O–H groups in total. The Bertz CT molecular complexity index is 886. The number of nitrogens with zero attached hydrogens (tertiary/aromatic N) is 2. The average molecular weight is 352 g/mol. The van der Waals surface area contributed by atoms with Gasteiger partial charge in [0, 0.05) is 12.3 Å². The molecule has 0 fully saturated rings. The molecule has 0 aliphatic rings. The van der Waals surface area contributed by atoms with Crippen LogP contribution in [0.15, 0.2) is 54.7 Å². The number of rotatable bonds is 7. The summed E-state index contributed by atoms with van der Waals surface area (Å²) in [6.45, 7) is 0. The summed E-state index contributed by atoms with van der Waals surface area (Å²) in [5, 5.41) is 6.38. The van der Waals surface area contributed by atoms with Crippen molar-refractivity contribution in [3.63, 3.8) is 0 Å². The molecule has 26 heavy (non-hydrogen) atoms. The number of hydrogen-bond acceptors (Lipinski definition) is 7. The van der Waals surface area contributed by atoms with Crippen LogP contribution in [0.3, 0.4) is 0 Å². The van der Waals surface area contributed by atoms with Crippen LogP contribution in [0.1, 0.15) is 0 Å². The van der Waals surface area contributed by atoms with Gasteiger partial charge in [0.1, 0.15) is 23.1 Å². The maximum atomic E-state index is 5.39. The fourth-order valence-corrected chi connectivity index (χ4v) is 2.40. The zero-order valence-corrected chi connectivity index (χ0v) is 14.8. The Morgan fingerprint density at radius 1 is 0.769 bits per heavy atom. The predicted octanol–water partition coefficient (Wildman–Crippen LogP) is 3.99. The SMILES string of the molecule is COc1ccc(Nc2nccc(Nc3ccccc3OC)n2)c(OC)c1. The van der Waals surface area contributed by atoms with Crippen molar-refractivity contribution in [1.82, 2.24) is 9.97 Å². The fraction of sp³-hybridized carbons (Fsp3) is 0.158. The number of benzene rings is 2. The van der Waals surface area contributed by atoms with Crippen molar-refractivity contribution in [2.24, 2.45) is 0 Å². The van der Waals surface area contributed by atoms with Gasteiger partial charge >= 0.3 is 0 Å². The Labute approximate surface area is 152 Å². The molecule has 1 heterocycles. The van der Waals surface area contributed by atoms with Crippen LogP contribution in [0.2, 0.25) is 0 Å². The third-order valence-electron chi connectivity index (χ3n) is 3.68. The quantitative estimate of drug-likeness (QED) is 0.666. The van der Waals surface area contributed by atoms with Crippen LogP contribution < -0.4 is 24.8 Å². The Kier molecular flexibility index (Phi) is 5.38. The van der Waals surface area contributed by atoms with Crippen molar-refractivity contribution >= 4 is 23.1 Å². The van der Waals surface area contributed by atoms with E-state index < -0.39 is 0 Å². The van der Waals surface area contributed by atoms with Crippen LogP contribution >= 0.6 is 0 Å². The average Bonchev–Trinajstić information content (AvgIpc) is 2.69. The highest BCUT2D eigenvalue weighted by molar-refractivity contribution is 5.67. The smallest absolute Gasteiger partial charge is 0.229 e. The van der Waals surface area contributed by atoms with Gasteiger partial charge in [0.05, 0.1) is 32.7 Å². The first kappa shape index (κ1) is 17.3. The van der Waals surface area contributed by atoms with Crippen molar-refractivity contribution in [3.05, 3.63) is 54.7 Å². The maximum Gasteiger partial charge on any atom is 0.229 e. The van der Waals surface area contributed by atoms with Crippen LogP contribution in [-0.2, 0) is 0 Å². The number of anilines is 4. The fourth-order valence-electron chi connectivity index (χ4n) is 2.40. The molecule has 0 aliphatic carbocycles. The largest absolute Gasteiger partial charge is 0.497 e. The van der Waals surface area contributed by atoms with Gasteiger partial charge in [0.15, 0.2) is 0 Å². The molecule has 0 amide bonds. The molecule has 134 valence electrons. The molecule has 0 atom stereocenters. The zero-order chi connectivity index (χ0) is 18.4. The normalized spacial score (nSPS) is 10.1. The van der Waals surface area contributed by atoms with Gasteiger partial charge in [-0.05, 0) is 30.3 Å². The molecular weight excluding hydrogens is 332 g/mol. The van der Waals surface area contributed by atoms with Crippen LogP contribution in [-0.4, -0.2) is 31.3 Å². The molecule has 0 saturated heterocycles. The standard InChI is InChI=1S/C19H20N4O3/c1-24-13-8-9-15(17(12-13)26-3)22-19-20-11-10-18(23-19)21-14-6-4-5-7-16(14)25-2/h4-12H,1-3H3,(H2,20,21,22,23). The lowest BCUT2D eigenvalue weighted by molar-refractivity contribution is 0.395. The predicted molar refractivity (Wildman–Crippen MR) is 101 cm³/mol. The molecule has 0 aliphatic heterocycles. The number of methoxy groups -OCH3 is 3.